The molecule has 0 bridgehead atoms. The fraction of sp³-hybridized carbons (Fsp3) is 0.538. The topological polar surface area (TPSA) is 93.5 Å². The molecule has 20 heavy (non-hydrogen) atoms. The Balaban J connectivity index is 2.44. The first-order valence-electron chi connectivity index (χ1n) is 6.66. The maximum Gasteiger partial charge on any atom is 0.226 e. The van der Waals surface area contributed by atoms with Crippen molar-refractivity contribution in [1.82, 2.24) is 19.9 Å². The molecule has 2 aromatic rings. The molecule has 0 aliphatic carbocycles. The highest BCUT2D eigenvalue weighted by atomic mass is 15.2. The highest BCUT2D eigenvalue weighted by Gasteiger charge is 2.17. The Hall–Kier alpha value is -2.36. The molecule has 7 nitrogen and oxygen atoms in total. The van der Waals surface area contributed by atoms with E-state index in [1.54, 1.807) is 13.4 Å². The van der Waals surface area contributed by atoms with Crippen molar-refractivity contribution in [2.75, 3.05) is 30.4 Å². The van der Waals surface area contributed by atoms with Gasteiger partial charge in [0.1, 0.15) is 5.52 Å². The fourth-order valence-corrected chi connectivity index (χ4v) is 2.07. The summed E-state index contributed by atoms with van der Waals surface area (Å²) < 4.78 is 0. The zero-order valence-corrected chi connectivity index (χ0v) is 12.0. The second-order valence-electron chi connectivity index (χ2n) is 4.97. The van der Waals surface area contributed by atoms with Gasteiger partial charge in [0.05, 0.1) is 18.8 Å². The number of nitrogens with zero attached hydrogens (tertiary/aromatic N) is 5. The van der Waals surface area contributed by atoms with E-state index in [0.717, 1.165) is 17.9 Å². The second kappa shape index (κ2) is 6.19. The van der Waals surface area contributed by atoms with E-state index in [1.807, 2.05) is 0 Å². The van der Waals surface area contributed by atoms with Gasteiger partial charge < -0.3 is 15.2 Å². The molecule has 0 unspecified atom stereocenters. The average Bonchev–Trinajstić information content (AvgIpc) is 2.90. The van der Waals surface area contributed by atoms with Crippen molar-refractivity contribution in [1.29, 1.82) is 5.26 Å². The Labute approximate surface area is 118 Å². The molecule has 0 amide bonds. The summed E-state index contributed by atoms with van der Waals surface area (Å²) >= 11 is 0. The van der Waals surface area contributed by atoms with Gasteiger partial charge in [-0.3, -0.25) is 0 Å². The van der Waals surface area contributed by atoms with Gasteiger partial charge >= 0.3 is 0 Å². The molecular formula is C13H19N7. The third-order valence-electron chi connectivity index (χ3n) is 2.87. The summed E-state index contributed by atoms with van der Waals surface area (Å²) in [7, 11) is 1.78. The lowest BCUT2D eigenvalue weighted by atomic mass is 10.2. The van der Waals surface area contributed by atoms with Crippen molar-refractivity contribution in [2.24, 2.45) is 5.92 Å². The molecule has 0 spiro atoms. The van der Waals surface area contributed by atoms with Gasteiger partial charge in [0, 0.05) is 20.1 Å². The summed E-state index contributed by atoms with van der Waals surface area (Å²) in [5, 5.41) is 11.8. The lowest BCUT2D eigenvalue weighted by Gasteiger charge is -2.25. The van der Waals surface area contributed by atoms with E-state index in [9.17, 15) is 0 Å². The summed E-state index contributed by atoms with van der Waals surface area (Å²) in [5.74, 6) is 1.80. The maximum atomic E-state index is 8.83. The normalized spacial score (nSPS) is 10.8. The van der Waals surface area contributed by atoms with Gasteiger partial charge in [0.25, 0.3) is 0 Å². The van der Waals surface area contributed by atoms with Gasteiger partial charge in [-0.1, -0.05) is 13.8 Å². The van der Waals surface area contributed by atoms with Crippen molar-refractivity contribution in [2.45, 2.75) is 20.3 Å². The minimum atomic E-state index is 0.460. The van der Waals surface area contributed by atoms with Gasteiger partial charge in [0.2, 0.25) is 5.95 Å². The number of aromatic nitrogens is 4. The molecule has 0 saturated carbocycles. The molecule has 7 heteroatoms. The number of nitrogens with one attached hydrogen (secondary N) is 2. The molecule has 0 radical (unpaired) electrons. The van der Waals surface area contributed by atoms with E-state index in [1.165, 1.54) is 0 Å². The quantitative estimate of drug-likeness (QED) is 0.833. The Morgan fingerprint density at radius 1 is 1.45 bits per heavy atom. The first kappa shape index (κ1) is 14.1. The number of aromatic amines is 1. The minimum Gasteiger partial charge on any atom is -0.357 e. The monoisotopic (exact) mass is 273 g/mol. The smallest absolute Gasteiger partial charge is 0.226 e. The van der Waals surface area contributed by atoms with Gasteiger partial charge in [-0.2, -0.15) is 15.2 Å². The number of hydrogen-bond acceptors (Lipinski definition) is 6. The Morgan fingerprint density at radius 3 is 2.90 bits per heavy atom. The van der Waals surface area contributed by atoms with Crippen molar-refractivity contribution >= 4 is 22.9 Å². The molecule has 0 aliphatic rings. The predicted molar refractivity (Wildman–Crippen MR) is 78.5 cm³/mol. The first-order chi connectivity index (χ1) is 9.65. The van der Waals surface area contributed by atoms with E-state index in [4.69, 9.17) is 5.26 Å². The van der Waals surface area contributed by atoms with Crippen LogP contribution in [0.4, 0.5) is 11.8 Å². The largest absolute Gasteiger partial charge is 0.357 e. The highest BCUT2D eigenvalue weighted by molar-refractivity contribution is 5.84. The average molecular weight is 273 g/mol. The number of hydrogen-bond donors (Lipinski definition) is 2. The number of nitriles is 1. The molecule has 106 valence electrons. The molecule has 2 heterocycles. The first-order valence-corrected chi connectivity index (χ1v) is 6.66. The van der Waals surface area contributed by atoms with Crippen LogP contribution in [0.15, 0.2) is 6.33 Å². The third-order valence-corrected chi connectivity index (χ3v) is 2.87. The van der Waals surface area contributed by atoms with E-state index < -0.39 is 0 Å². The van der Waals surface area contributed by atoms with Gasteiger partial charge in [0.15, 0.2) is 11.5 Å². The lowest BCUT2D eigenvalue weighted by molar-refractivity contribution is 0.609. The van der Waals surface area contributed by atoms with Crippen LogP contribution >= 0.6 is 0 Å². The number of rotatable bonds is 6. The van der Waals surface area contributed by atoms with E-state index in [-0.39, 0.29) is 0 Å². The Morgan fingerprint density at radius 2 is 2.25 bits per heavy atom. The van der Waals surface area contributed by atoms with Crippen molar-refractivity contribution in [3.8, 4) is 6.07 Å². The lowest BCUT2D eigenvalue weighted by Crippen LogP contribution is -2.30. The zero-order chi connectivity index (χ0) is 14.5. The van der Waals surface area contributed by atoms with E-state index in [0.29, 0.717) is 30.5 Å². The summed E-state index contributed by atoms with van der Waals surface area (Å²) in [6.07, 6.45) is 2.07. The predicted octanol–water partition coefficient (Wildman–Crippen LogP) is 1.77. The maximum absolute atomic E-state index is 8.83. The highest BCUT2D eigenvalue weighted by Crippen LogP contribution is 2.23. The SMILES string of the molecule is CNc1nc(N(CCC#N)CC(C)C)c2[nH]cnc2n1. The zero-order valence-electron chi connectivity index (χ0n) is 12.0. The number of anilines is 2. The number of H-pyrrole nitrogens is 1. The van der Waals surface area contributed by atoms with Crippen LogP contribution in [0.3, 0.4) is 0 Å². The van der Waals surface area contributed by atoms with Crippen LogP contribution in [-0.2, 0) is 0 Å². The van der Waals surface area contributed by atoms with Crippen LogP contribution in [0.2, 0.25) is 0 Å². The van der Waals surface area contributed by atoms with E-state index in [2.05, 4.69) is 50.1 Å². The van der Waals surface area contributed by atoms with Crippen molar-refractivity contribution in [3.05, 3.63) is 6.33 Å². The molecule has 2 aromatic heterocycles. The standard InChI is InChI=1S/C13H19N7/c1-9(2)7-20(6-4-5-14)12-10-11(17-8-16-10)18-13(15-3)19-12/h8-9H,4,6-7H2,1-3H3,(H2,15,16,17,18,19). The van der Waals surface area contributed by atoms with Crippen molar-refractivity contribution in [3.63, 3.8) is 0 Å². The summed E-state index contributed by atoms with van der Waals surface area (Å²) in [6.45, 7) is 5.76. The van der Waals surface area contributed by atoms with Crippen LogP contribution in [0.5, 0.6) is 0 Å². The number of imidazole rings is 1. The summed E-state index contributed by atoms with van der Waals surface area (Å²) in [5.41, 5.74) is 1.44. The van der Waals surface area contributed by atoms with Gasteiger partial charge in [-0.05, 0) is 5.92 Å². The molecule has 0 atom stereocenters. The molecule has 0 aliphatic heterocycles. The molecule has 0 fully saturated rings. The van der Waals surface area contributed by atoms with Crippen LogP contribution in [0.1, 0.15) is 20.3 Å². The van der Waals surface area contributed by atoms with Crippen LogP contribution in [0, 0.1) is 17.2 Å². The van der Waals surface area contributed by atoms with E-state index >= 15 is 0 Å². The Kier molecular flexibility index (Phi) is 4.35. The van der Waals surface area contributed by atoms with Crippen LogP contribution in [-0.4, -0.2) is 40.1 Å². The summed E-state index contributed by atoms with van der Waals surface area (Å²) in [6, 6.07) is 2.19. The molecular weight excluding hydrogens is 254 g/mol. The third kappa shape index (κ3) is 2.96. The second-order valence-corrected chi connectivity index (χ2v) is 4.97. The van der Waals surface area contributed by atoms with Crippen molar-refractivity contribution < 1.29 is 0 Å². The molecule has 0 aromatic carbocycles. The molecule has 2 rings (SSSR count). The molecule has 2 N–H and O–H groups in total. The minimum absolute atomic E-state index is 0.460. The number of fused-ring (bicyclic) bond motifs is 1. The van der Waals surface area contributed by atoms with Crippen LogP contribution in [0.25, 0.3) is 11.2 Å². The molecule has 0 saturated heterocycles. The fourth-order valence-electron chi connectivity index (χ4n) is 2.07. The summed E-state index contributed by atoms with van der Waals surface area (Å²) in [4.78, 5) is 18.2. The van der Waals surface area contributed by atoms with Gasteiger partial charge in [-0.15, -0.1) is 0 Å². The Bertz CT molecular complexity index is 611. The van der Waals surface area contributed by atoms with Crippen LogP contribution < -0.4 is 10.2 Å². The van der Waals surface area contributed by atoms with Gasteiger partial charge in [-0.25, -0.2) is 4.98 Å².